The molecule has 2 aliphatic heterocycles. The monoisotopic (exact) mass is 612 g/mol. The van der Waals surface area contributed by atoms with E-state index in [-0.39, 0.29) is 28.4 Å². The molecule has 8 atom stereocenters. The van der Waals surface area contributed by atoms with Gasteiger partial charge in [0.05, 0.1) is 33.0 Å². The average Bonchev–Trinajstić information content (AvgIpc) is 3.28. The number of rotatable bonds is 10. The highest BCUT2D eigenvalue weighted by molar-refractivity contribution is 5.92. The normalized spacial score (nSPS) is 30.4. The van der Waals surface area contributed by atoms with Crippen LogP contribution in [0.3, 0.4) is 0 Å². The minimum Gasteiger partial charge on any atom is -0.507 e. The predicted molar refractivity (Wildman–Crippen MR) is 138 cm³/mol. The van der Waals surface area contributed by atoms with Crippen molar-refractivity contribution >= 4 is 11.9 Å². The van der Waals surface area contributed by atoms with E-state index >= 15 is 0 Å². The number of phenolic OH excluding ortho intramolecular Hbond substituents is 2. The molecule has 4 rings (SSSR count). The zero-order chi connectivity index (χ0) is 31.5. The van der Waals surface area contributed by atoms with Crippen molar-refractivity contribution in [3.05, 3.63) is 47.5 Å². The first-order valence-electron chi connectivity index (χ1n) is 12.8. The van der Waals surface area contributed by atoms with E-state index in [1.165, 1.54) is 31.4 Å². The fraction of sp³-hybridized carbons (Fsp3) is 0.481. The Hall–Kier alpha value is -3.74. The van der Waals surface area contributed by atoms with Gasteiger partial charge in [-0.25, -0.2) is 9.59 Å². The summed E-state index contributed by atoms with van der Waals surface area (Å²) in [5.74, 6) is -2.47. The molecule has 0 spiro atoms. The third-order valence-electron chi connectivity index (χ3n) is 6.92. The van der Waals surface area contributed by atoms with Crippen LogP contribution in [0.15, 0.2) is 36.4 Å². The zero-order valence-electron chi connectivity index (χ0n) is 22.9. The summed E-state index contributed by atoms with van der Waals surface area (Å²) in [7, 11) is 2.39. The Bertz CT molecular complexity index is 1300. The predicted octanol–water partition coefficient (Wildman–Crippen LogP) is -1.60. The van der Waals surface area contributed by atoms with Gasteiger partial charge in [-0.2, -0.15) is 0 Å². The molecule has 2 aromatic rings. The number of aliphatic hydroxyl groups excluding tert-OH is 4. The molecule has 0 saturated carbocycles. The second kappa shape index (κ2) is 13.3. The highest BCUT2D eigenvalue weighted by Gasteiger charge is 2.54. The Labute approximate surface area is 244 Å². The van der Waals surface area contributed by atoms with Crippen LogP contribution in [0.4, 0.5) is 0 Å². The van der Waals surface area contributed by atoms with Crippen LogP contribution in [0.2, 0.25) is 0 Å². The van der Waals surface area contributed by atoms with Gasteiger partial charge in [-0.05, 0) is 36.4 Å². The summed E-state index contributed by atoms with van der Waals surface area (Å²) >= 11 is 0. The third-order valence-corrected chi connectivity index (χ3v) is 6.92. The van der Waals surface area contributed by atoms with Gasteiger partial charge < -0.3 is 68.9 Å². The van der Waals surface area contributed by atoms with E-state index in [4.69, 9.17) is 28.4 Å². The topological polar surface area (TPSA) is 240 Å². The van der Waals surface area contributed by atoms with Crippen LogP contribution in [0.25, 0.3) is 0 Å². The molecule has 236 valence electrons. The number of carbonyl (C=O) groups excluding carboxylic acids is 2. The lowest BCUT2D eigenvalue weighted by Crippen LogP contribution is -2.62. The van der Waals surface area contributed by atoms with E-state index in [1.54, 1.807) is 0 Å². The summed E-state index contributed by atoms with van der Waals surface area (Å²) in [6.45, 7) is -2.06. The second-order valence-corrected chi connectivity index (χ2v) is 9.79. The molecule has 43 heavy (non-hydrogen) atoms. The molecule has 2 aromatic carbocycles. The highest BCUT2D eigenvalue weighted by Crippen LogP contribution is 2.34. The van der Waals surface area contributed by atoms with Crippen molar-refractivity contribution in [1.29, 1.82) is 0 Å². The molecule has 7 N–H and O–H groups in total. The fourth-order valence-electron chi connectivity index (χ4n) is 4.42. The van der Waals surface area contributed by atoms with Crippen molar-refractivity contribution in [2.45, 2.75) is 48.7 Å². The number of esters is 2. The molecule has 0 unspecified atom stereocenters. The number of carbonyl (C=O) groups is 2. The van der Waals surface area contributed by atoms with Crippen molar-refractivity contribution in [2.75, 3.05) is 34.0 Å². The van der Waals surface area contributed by atoms with E-state index in [9.17, 15) is 45.3 Å². The van der Waals surface area contributed by atoms with Crippen molar-refractivity contribution in [1.82, 2.24) is 0 Å². The van der Waals surface area contributed by atoms with Crippen LogP contribution in [-0.4, -0.2) is 130 Å². The number of aliphatic hydroxyl groups is 5. The Balaban J connectivity index is 1.47. The lowest BCUT2D eigenvalue weighted by molar-refractivity contribution is -0.318. The highest BCUT2D eigenvalue weighted by atomic mass is 16.8. The molecule has 2 heterocycles. The van der Waals surface area contributed by atoms with Gasteiger partial charge in [0.2, 0.25) is 6.29 Å². The minimum absolute atomic E-state index is 0.00957. The van der Waals surface area contributed by atoms with E-state index in [2.05, 4.69) is 4.74 Å². The Morgan fingerprint density at radius 3 is 2.37 bits per heavy atom. The maximum absolute atomic E-state index is 12.5. The molecule has 0 bridgehead atoms. The second-order valence-electron chi connectivity index (χ2n) is 9.79. The van der Waals surface area contributed by atoms with Gasteiger partial charge in [0.25, 0.3) is 0 Å². The van der Waals surface area contributed by atoms with Gasteiger partial charge in [0, 0.05) is 0 Å². The van der Waals surface area contributed by atoms with Gasteiger partial charge in [0.1, 0.15) is 48.1 Å². The van der Waals surface area contributed by atoms with Gasteiger partial charge in [-0.3, -0.25) is 0 Å². The first kappa shape index (κ1) is 32.2. The van der Waals surface area contributed by atoms with Crippen molar-refractivity contribution in [3.8, 4) is 23.0 Å². The lowest BCUT2D eigenvalue weighted by Gasteiger charge is -2.42. The zero-order valence-corrected chi connectivity index (χ0v) is 22.9. The SMILES string of the molecule is COC(=O)c1cc(O[C@@H]2O[C@H](CO)[C@@H](O)[C@H](O)[C@H]2O[C@@H]2OC[C@](O)(COC(=O)c3ccc(O)c(OC)c3)[C@H]2O)ccc1O. The molecular weight excluding hydrogens is 580 g/mol. The number of methoxy groups -OCH3 is 2. The maximum Gasteiger partial charge on any atom is 0.341 e. The van der Waals surface area contributed by atoms with Crippen LogP contribution >= 0.6 is 0 Å². The van der Waals surface area contributed by atoms with Crippen LogP contribution in [0.5, 0.6) is 23.0 Å². The van der Waals surface area contributed by atoms with E-state index in [1.807, 2.05) is 0 Å². The summed E-state index contributed by atoms with van der Waals surface area (Å²) in [6.07, 6.45) is -11.5. The molecule has 2 saturated heterocycles. The summed E-state index contributed by atoms with van der Waals surface area (Å²) in [5.41, 5.74) is -2.44. The fourth-order valence-corrected chi connectivity index (χ4v) is 4.42. The number of benzene rings is 2. The Morgan fingerprint density at radius 1 is 0.977 bits per heavy atom. The first-order valence-corrected chi connectivity index (χ1v) is 12.8. The van der Waals surface area contributed by atoms with Gasteiger partial charge in [-0.1, -0.05) is 0 Å². The molecule has 2 aliphatic rings. The van der Waals surface area contributed by atoms with E-state index in [0.717, 1.165) is 19.2 Å². The lowest BCUT2D eigenvalue weighted by atomic mass is 9.98. The van der Waals surface area contributed by atoms with Gasteiger partial charge >= 0.3 is 11.9 Å². The van der Waals surface area contributed by atoms with Crippen LogP contribution in [0.1, 0.15) is 20.7 Å². The summed E-state index contributed by atoms with van der Waals surface area (Å²) in [5, 5.41) is 72.3. The van der Waals surface area contributed by atoms with E-state index < -0.39 is 86.2 Å². The summed E-state index contributed by atoms with van der Waals surface area (Å²) < 4.78 is 37.0. The largest absolute Gasteiger partial charge is 0.507 e. The van der Waals surface area contributed by atoms with Crippen LogP contribution in [-0.2, 0) is 23.7 Å². The van der Waals surface area contributed by atoms with Crippen molar-refractivity contribution in [3.63, 3.8) is 0 Å². The van der Waals surface area contributed by atoms with Gasteiger partial charge in [-0.15, -0.1) is 0 Å². The molecular formula is C27H32O16. The number of phenols is 2. The molecule has 16 nitrogen and oxygen atoms in total. The molecule has 2 fully saturated rings. The molecule has 0 aromatic heterocycles. The van der Waals surface area contributed by atoms with Gasteiger partial charge in [0.15, 0.2) is 29.5 Å². The smallest absolute Gasteiger partial charge is 0.341 e. The van der Waals surface area contributed by atoms with Crippen LogP contribution in [0, 0.1) is 0 Å². The maximum atomic E-state index is 12.5. The molecule has 0 amide bonds. The third kappa shape index (κ3) is 6.76. The molecule has 16 heteroatoms. The summed E-state index contributed by atoms with van der Waals surface area (Å²) in [4.78, 5) is 24.5. The standard InChI is InChI=1S/C27H32O16/c1-37-17-7-12(3-5-16(17)30)23(34)39-10-27(36)11-40-26(22(27)33)43-21-20(32)19(31)18(9-28)42-25(21)41-13-4-6-15(29)14(8-13)24(35)38-2/h3-8,18-22,25-26,28-33,36H,9-11H2,1-2H3/t18-,19-,20+,21-,22+,25-,26+,27-/m1/s1. The van der Waals surface area contributed by atoms with E-state index in [0.29, 0.717) is 0 Å². The number of ether oxygens (including phenoxy) is 7. The first-order chi connectivity index (χ1) is 20.4. The average molecular weight is 613 g/mol. The molecule has 0 radical (unpaired) electrons. The number of aromatic hydroxyl groups is 2. The summed E-state index contributed by atoms with van der Waals surface area (Å²) in [6, 6.07) is 7.19. The molecule has 0 aliphatic carbocycles. The number of hydrogen-bond acceptors (Lipinski definition) is 16. The van der Waals surface area contributed by atoms with Crippen LogP contribution < -0.4 is 9.47 Å². The Morgan fingerprint density at radius 2 is 1.70 bits per heavy atom. The quantitative estimate of drug-likeness (QED) is 0.149. The van der Waals surface area contributed by atoms with Crippen molar-refractivity contribution in [2.24, 2.45) is 0 Å². The van der Waals surface area contributed by atoms with Crippen molar-refractivity contribution < 1.29 is 78.5 Å². The minimum atomic E-state index is -2.17. The number of hydrogen-bond donors (Lipinski definition) is 7. The Kier molecular flexibility index (Phi) is 9.93.